The first-order chi connectivity index (χ1) is 9.42. The van der Waals surface area contributed by atoms with Crippen molar-refractivity contribution >= 4 is 21.8 Å². The van der Waals surface area contributed by atoms with E-state index in [9.17, 15) is 4.79 Å². The van der Waals surface area contributed by atoms with E-state index in [4.69, 9.17) is 9.84 Å². The maximum atomic E-state index is 12.1. The number of amides is 1. The molecular weight excluding hydrogens is 322 g/mol. The molecule has 0 aliphatic rings. The zero-order chi connectivity index (χ0) is 15.1. The summed E-state index contributed by atoms with van der Waals surface area (Å²) in [6.07, 6.45) is 0.741. The van der Waals surface area contributed by atoms with Crippen LogP contribution in [-0.4, -0.2) is 30.3 Å². The molecule has 4 nitrogen and oxygen atoms in total. The molecule has 1 rings (SSSR count). The van der Waals surface area contributed by atoms with E-state index in [0.717, 1.165) is 4.47 Å². The van der Waals surface area contributed by atoms with Crippen molar-refractivity contribution in [2.24, 2.45) is 5.92 Å². The third-order valence-electron chi connectivity index (χ3n) is 2.74. The third kappa shape index (κ3) is 5.92. The van der Waals surface area contributed by atoms with Gasteiger partial charge in [-0.15, -0.1) is 0 Å². The summed E-state index contributed by atoms with van der Waals surface area (Å²) < 4.78 is 6.42. The summed E-state index contributed by atoms with van der Waals surface area (Å²) in [5.74, 6) is 0.787. The summed E-state index contributed by atoms with van der Waals surface area (Å²) in [5.41, 5.74) is 0.561. The summed E-state index contributed by atoms with van der Waals surface area (Å²) in [4.78, 5) is 12.1. The van der Waals surface area contributed by atoms with Crippen LogP contribution in [-0.2, 0) is 0 Å². The minimum atomic E-state index is -0.135. The van der Waals surface area contributed by atoms with Gasteiger partial charge in [-0.3, -0.25) is 4.79 Å². The third-order valence-corrected chi connectivity index (χ3v) is 3.20. The van der Waals surface area contributed by atoms with Crippen molar-refractivity contribution in [2.45, 2.75) is 33.3 Å². The molecule has 0 saturated carbocycles. The molecule has 5 heteroatoms. The smallest absolute Gasteiger partial charge is 0.251 e. The Morgan fingerprint density at radius 2 is 2.05 bits per heavy atom. The fourth-order valence-electron chi connectivity index (χ4n) is 1.73. The Kier molecular flexibility index (Phi) is 7.02. The van der Waals surface area contributed by atoms with Crippen LogP contribution in [0, 0.1) is 5.92 Å². The van der Waals surface area contributed by atoms with Crippen LogP contribution < -0.4 is 10.1 Å². The second-order valence-corrected chi connectivity index (χ2v) is 6.09. The molecular formula is C15H22BrNO3. The molecule has 0 fully saturated rings. The van der Waals surface area contributed by atoms with Gasteiger partial charge in [0.1, 0.15) is 5.75 Å². The Morgan fingerprint density at radius 3 is 2.65 bits per heavy atom. The van der Waals surface area contributed by atoms with Gasteiger partial charge in [0.2, 0.25) is 0 Å². The summed E-state index contributed by atoms with van der Waals surface area (Å²) >= 11 is 3.38. The van der Waals surface area contributed by atoms with Crippen molar-refractivity contribution in [3.05, 3.63) is 28.2 Å². The number of benzene rings is 1. The van der Waals surface area contributed by atoms with Crippen LogP contribution in [0.15, 0.2) is 22.7 Å². The zero-order valence-corrected chi connectivity index (χ0v) is 13.7. The van der Waals surface area contributed by atoms with E-state index in [0.29, 0.717) is 24.3 Å². The Bertz CT molecular complexity index is 449. The van der Waals surface area contributed by atoms with Crippen molar-refractivity contribution in [1.29, 1.82) is 0 Å². The van der Waals surface area contributed by atoms with Gasteiger partial charge >= 0.3 is 0 Å². The van der Waals surface area contributed by atoms with Gasteiger partial charge in [-0.05, 0) is 44.4 Å². The first-order valence-corrected chi connectivity index (χ1v) is 7.58. The van der Waals surface area contributed by atoms with Gasteiger partial charge in [0.25, 0.3) is 5.91 Å². The Morgan fingerprint density at radius 1 is 1.35 bits per heavy atom. The van der Waals surface area contributed by atoms with E-state index >= 15 is 0 Å². The molecule has 0 radical (unpaired) electrons. The number of carbonyl (C=O) groups is 1. The molecule has 0 aliphatic heterocycles. The van der Waals surface area contributed by atoms with Crippen LogP contribution in [0.5, 0.6) is 5.75 Å². The lowest BCUT2D eigenvalue weighted by molar-refractivity contribution is 0.0944. The Hall–Kier alpha value is -1.07. The summed E-state index contributed by atoms with van der Waals surface area (Å²) in [7, 11) is 0. The Labute approximate surface area is 128 Å². The van der Waals surface area contributed by atoms with Crippen molar-refractivity contribution in [1.82, 2.24) is 5.32 Å². The highest BCUT2D eigenvalue weighted by atomic mass is 79.9. The highest BCUT2D eigenvalue weighted by Crippen LogP contribution is 2.22. The van der Waals surface area contributed by atoms with Crippen LogP contribution in [0.4, 0.5) is 0 Å². The first kappa shape index (κ1) is 17.0. The van der Waals surface area contributed by atoms with E-state index < -0.39 is 0 Å². The largest absolute Gasteiger partial charge is 0.491 e. The molecule has 0 heterocycles. The Balaban J connectivity index is 2.69. The molecule has 1 unspecified atom stereocenters. The predicted molar refractivity (Wildman–Crippen MR) is 83.1 cm³/mol. The quantitative estimate of drug-likeness (QED) is 0.800. The fourth-order valence-corrected chi connectivity index (χ4v) is 2.20. The normalized spacial score (nSPS) is 12.3. The SMILES string of the molecule is CC(CCO)CNC(=O)c1cc(Br)cc(OC(C)C)c1. The number of rotatable bonds is 7. The lowest BCUT2D eigenvalue weighted by Gasteiger charge is -2.13. The molecule has 20 heavy (non-hydrogen) atoms. The first-order valence-electron chi connectivity index (χ1n) is 6.78. The molecule has 1 amide bonds. The fraction of sp³-hybridized carbons (Fsp3) is 0.533. The molecule has 1 aromatic rings. The number of hydrogen-bond donors (Lipinski definition) is 2. The number of halogens is 1. The molecule has 0 saturated heterocycles. The number of aliphatic hydroxyl groups is 1. The molecule has 0 bridgehead atoms. The van der Waals surface area contributed by atoms with Crippen LogP contribution >= 0.6 is 15.9 Å². The lowest BCUT2D eigenvalue weighted by Crippen LogP contribution is -2.28. The number of nitrogens with one attached hydrogen (secondary N) is 1. The van der Waals surface area contributed by atoms with Gasteiger partial charge in [-0.2, -0.15) is 0 Å². The molecule has 0 aliphatic carbocycles. The minimum Gasteiger partial charge on any atom is -0.491 e. The maximum Gasteiger partial charge on any atom is 0.251 e. The molecule has 112 valence electrons. The number of carbonyl (C=O) groups excluding carboxylic acids is 1. The van der Waals surface area contributed by atoms with Crippen molar-refractivity contribution in [3.63, 3.8) is 0 Å². The van der Waals surface area contributed by atoms with Gasteiger partial charge in [0.05, 0.1) is 6.10 Å². The van der Waals surface area contributed by atoms with Crippen LogP contribution in [0.1, 0.15) is 37.6 Å². The number of ether oxygens (including phenoxy) is 1. The zero-order valence-electron chi connectivity index (χ0n) is 12.1. The average Bonchev–Trinajstić information content (AvgIpc) is 2.34. The monoisotopic (exact) mass is 343 g/mol. The second-order valence-electron chi connectivity index (χ2n) is 5.17. The van der Waals surface area contributed by atoms with Gasteiger partial charge in [0.15, 0.2) is 0 Å². The van der Waals surface area contributed by atoms with Crippen LogP contribution in [0.3, 0.4) is 0 Å². The van der Waals surface area contributed by atoms with Gasteiger partial charge < -0.3 is 15.2 Å². The van der Waals surface area contributed by atoms with Crippen LogP contribution in [0.2, 0.25) is 0 Å². The highest BCUT2D eigenvalue weighted by molar-refractivity contribution is 9.10. The van der Waals surface area contributed by atoms with E-state index in [1.54, 1.807) is 12.1 Å². The van der Waals surface area contributed by atoms with Crippen molar-refractivity contribution in [3.8, 4) is 5.75 Å². The van der Waals surface area contributed by atoms with E-state index in [1.165, 1.54) is 0 Å². The van der Waals surface area contributed by atoms with Gasteiger partial charge in [-0.25, -0.2) is 0 Å². The summed E-state index contributed by atoms with van der Waals surface area (Å²) in [6, 6.07) is 5.33. The van der Waals surface area contributed by atoms with Crippen LogP contribution in [0.25, 0.3) is 0 Å². The van der Waals surface area contributed by atoms with Gasteiger partial charge in [-0.1, -0.05) is 22.9 Å². The van der Waals surface area contributed by atoms with E-state index in [1.807, 2.05) is 26.8 Å². The molecule has 2 N–H and O–H groups in total. The topological polar surface area (TPSA) is 58.6 Å². The standard InChI is InChI=1S/C15H22BrNO3/c1-10(2)20-14-7-12(6-13(16)8-14)15(19)17-9-11(3)4-5-18/h6-8,10-11,18H,4-5,9H2,1-3H3,(H,17,19). The van der Waals surface area contributed by atoms with Crippen molar-refractivity contribution in [2.75, 3.05) is 13.2 Å². The lowest BCUT2D eigenvalue weighted by atomic mass is 10.1. The molecule has 1 atom stereocenters. The highest BCUT2D eigenvalue weighted by Gasteiger charge is 2.11. The maximum absolute atomic E-state index is 12.1. The summed E-state index contributed by atoms with van der Waals surface area (Å²) in [6.45, 7) is 6.56. The molecule has 1 aromatic carbocycles. The second kappa shape index (κ2) is 8.27. The number of hydrogen-bond acceptors (Lipinski definition) is 3. The summed E-state index contributed by atoms with van der Waals surface area (Å²) in [5, 5.41) is 11.7. The van der Waals surface area contributed by atoms with E-state index in [2.05, 4.69) is 21.2 Å². The average molecular weight is 344 g/mol. The molecule has 0 aromatic heterocycles. The van der Waals surface area contributed by atoms with Gasteiger partial charge in [0, 0.05) is 23.2 Å². The minimum absolute atomic E-state index is 0.0600. The molecule has 0 spiro atoms. The van der Waals surface area contributed by atoms with E-state index in [-0.39, 0.29) is 24.5 Å². The predicted octanol–water partition coefficient (Wildman–Crippen LogP) is 2.98. The number of aliphatic hydroxyl groups excluding tert-OH is 1. The van der Waals surface area contributed by atoms with Crippen molar-refractivity contribution < 1.29 is 14.6 Å².